The van der Waals surface area contributed by atoms with Gasteiger partial charge in [-0.1, -0.05) is 54.6 Å². The van der Waals surface area contributed by atoms with Crippen molar-refractivity contribution < 1.29 is 0 Å². The Morgan fingerprint density at radius 3 is 2.50 bits per heavy atom. The van der Waals surface area contributed by atoms with Crippen molar-refractivity contribution in [2.75, 3.05) is 0 Å². The number of hydrogen-bond acceptors (Lipinski definition) is 1. The van der Waals surface area contributed by atoms with Gasteiger partial charge in [-0.05, 0) is 59.4 Å². The summed E-state index contributed by atoms with van der Waals surface area (Å²) < 4.78 is 0. The molecule has 0 radical (unpaired) electrons. The summed E-state index contributed by atoms with van der Waals surface area (Å²) in [5.74, 6) is 0. The van der Waals surface area contributed by atoms with Gasteiger partial charge in [-0.15, -0.1) is 0 Å². The van der Waals surface area contributed by atoms with Gasteiger partial charge >= 0.3 is 0 Å². The molecule has 0 aliphatic heterocycles. The maximum atomic E-state index is 4.88. The van der Waals surface area contributed by atoms with Crippen LogP contribution in [0, 0.1) is 6.92 Å². The van der Waals surface area contributed by atoms with Crippen molar-refractivity contribution >= 4 is 10.9 Å². The van der Waals surface area contributed by atoms with E-state index in [1.807, 2.05) is 0 Å². The monoisotopic (exact) mass is 307 g/mol. The highest BCUT2D eigenvalue weighted by Gasteiger charge is 2.18. The van der Waals surface area contributed by atoms with Crippen molar-refractivity contribution in [1.82, 2.24) is 4.98 Å². The van der Waals surface area contributed by atoms with Gasteiger partial charge in [0.1, 0.15) is 0 Å². The fourth-order valence-corrected chi connectivity index (χ4v) is 3.80. The third kappa shape index (κ3) is 1.98. The highest BCUT2D eigenvalue weighted by Crippen LogP contribution is 2.38. The van der Waals surface area contributed by atoms with Crippen LogP contribution in [0.4, 0.5) is 0 Å². The van der Waals surface area contributed by atoms with Crippen LogP contribution in [0.1, 0.15) is 16.7 Å². The Labute approximate surface area is 141 Å². The summed E-state index contributed by atoms with van der Waals surface area (Å²) in [6, 6.07) is 26.0. The molecule has 3 aromatic carbocycles. The van der Waals surface area contributed by atoms with E-state index in [2.05, 4.69) is 79.7 Å². The summed E-state index contributed by atoms with van der Waals surface area (Å²) in [6.45, 7) is 2.16. The standard InChI is InChI=1S/C23H17N/c1-15-12-23(24-22-9-5-4-7-19(15)22)17-10-11-21-18(14-17)13-16-6-2-3-8-20(16)21/h2-12,14H,13H2,1H3. The molecule has 0 fully saturated rings. The lowest BCUT2D eigenvalue weighted by Crippen LogP contribution is -1.90. The van der Waals surface area contributed by atoms with Crippen LogP contribution in [0.25, 0.3) is 33.3 Å². The van der Waals surface area contributed by atoms with Crippen LogP contribution in [0.15, 0.2) is 72.8 Å². The normalized spacial score (nSPS) is 12.2. The minimum absolute atomic E-state index is 1.02. The van der Waals surface area contributed by atoms with Crippen molar-refractivity contribution in [3.8, 4) is 22.4 Å². The highest BCUT2D eigenvalue weighted by atomic mass is 14.7. The zero-order chi connectivity index (χ0) is 16.1. The second kappa shape index (κ2) is 5.04. The number of rotatable bonds is 1. The molecule has 24 heavy (non-hydrogen) atoms. The minimum Gasteiger partial charge on any atom is -0.248 e. The van der Waals surface area contributed by atoms with Gasteiger partial charge in [0, 0.05) is 10.9 Å². The molecule has 0 saturated carbocycles. The van der Waals surface area contributed by atoms with Gasteiger partial charge < -0.3 is 0 Å². The molecule has 4 aromatic rings. The molecule has 0 saturated heterocycles. The number of benzene rings is 3. The first-order chi connectivity index (χ1) is 11.8. The quantitative estimate of drug-likeness (QED) is 0.382. The maximum Gasteiger partial charge on any atom is 0.0712 e. The molecule has 1 aliphatic rings. The summed E-state index contributed by atoms with van der Waals surface area (Å²) in [5.41, 5.74) is 10.2. The molecule has 1 nitrogen and oxygen atoms in total. The van der Waals surface area contributed by atoms with E-state index in [0.29, 0.717) is 0 Å². The van der Waals surface area contributed by atoms with E-state index in [4.69, 9.17) is 4.98 Å². The molecule has 1 aromatic heterocycles. The Balaban J connectivity index is 1.66. The van der Waals surface area contributed by atoms with Crippen LogP contribution >= 0.6 is 0 Å². The molecule has 114 valence electrons. The molecular weight excluding hydrogens is 290 g/mol. The van der Waals surface area contributed by atoms with Crippen molar-refractivity contribution in [3.05, 3.63) is 89.5 Å². The van der Waals surface area contributed by atoms with Crippen molar-refractivity contribution in [2.24, 2.45) is 0 Å². The van der Waals surface area contributed by atoms with E-state index in [-0.39, 0.29) is 0 Å². The minimum atomic E-state index is 1.02. The summed E-state index contributed by atoms with van der Waals surface area (Å²) >= 11 is 0. The lowest BCUT2D eigenvalue weighted by Gasteiger charge is -2.08. The van der Waals surface area contributed by atoms with Crippen LogP contribution in [0.5, 0.6) is 0 Å². The molecule has 1 heteroatoms. The maximum absolute atomic E-state index is 4.88. The van der Waals surface area contributed by atoms with Crippen LogP contribution < -0.4 is 0 Å². The molecule has 0 spiro atoms. The Bertz CT molecular complexity index is 1090. The fourth-order valence-electron chi connectivity index (χ4n) is 3.80. The van der Waals surface area contributed by atoms with Gasteiger partial charge in [0.2, 0.25) is 0 Å². The average Bonchev–Trinajstić information content (AvgIpc) is 2.99. The summed E-state index contributed by atoms with van der Waals surface area (Å²) in [5, 5.41) is 1.23. The lowest BCUT2D eigenvalue weighted by atomic mass is 10.00. The fraction of sp³-hybridized carbons (Fsp3) is 0.0870. The first-order valence-corrected chi connectivity index (χ1v) is 8.37. The molecule has 5 rings (SSSR count). The molecule has 1 heterocycles. The second-order valence-electron chi connectivity index (χ2n) is 6.55. The van der Waals surface area contributed by atoms with Crippen molar-refractivity contribution in [1.29, 1.82) is 0 Å². The number of pyridine rings is 1. The van der Waals surface area contributed by atoms with Gasteiger partial charge in [0.05, 0.1) is 11.2 Å². The molecule has 0 atom stereocenters. The van der Waals surface area contributed by atoms with Gasteiger partial charge in [0.15, 0.2) is 0 Å². The number of para-hydroxylation sites is 1. The average molecular weight is 307 g/mol. The van der Waals surface area contributed by atoms with Crippen molar-refractivity contribution in [3.63, 3.8) is 0 Å². The number of aromatic nitrogens is 1. The number of fused-ring (bicyclic) bond motifs is 4. The number of hydrogen-bond donors (Lipinski definition) is 0. The zero-order valence-corrected chi connectivity index (χ0v) is 13.6. The Kier molecular flexibility index (Phi) is 2.83. The van der Waals surface area contributed by atoms with Crippen molar-refractivity contribution in [2.45, 2.75) is 13.3 Å². The Hall–Kier alpha value is -2.93. The third-order valence-corrected chi connectivity index (χ3v) is 5.01. The lowest BCUT2D eigenvalue weighted by molar-refractivity contribution is 1.26. The molecular formula is C23H17N. The first-order valence-electron chi connectivity index (χ1n) is 8.37. The highest BCUT2D eigenvalue weighted by molar-refractivity contribution is 5.86. The number of aryl methyl sites for hydroxylation is 1. The SMILES string of the molecule is Cc1cc(-c2ccc3c(c2)Cc2ccccc2-3)nc2ccccc12. The van der Waals surface area contributed by atoms with E-state index >= 15 is 0 Å². The van der Waals surface area contributed by atoms with Gasteiger partial charge in [0.25, 0.3) is 0 Å². The van der Waals surface area contributed by atoms with Gasteiger partial charge in [-0.3, -0.25) is 0 Å². The van der Waals surface area contributed by atoms with Crippen LogP contribution in [-0.2, 0) is 6.42 Å². The van der Waals surface area contributed by atoms with Crippen LogP contribution in [-0.4, -0.2) is 4.98 Å². The third-order valence-electron chi connectivity index (χ3n) is 5.01. The Morgan fingerprint density at radius 1 is 0.750 bits per heavy atom. The molecule has 0 bridgehead atoms. The van der Waals surface area contributed by atoms with Gasteiger partial charge in [-0.2, -0.15) is 0 Å². The topological polar surface area (TPSA) is 12.9 Å². The summed E-state index contributed by atoms with van der Waals surface area (Å²) in [6.07, 6.45) is 1.02. The van der Waals surface area contributed by atoms with E-state index in [0.717, 1.165) is 17.6 Å². The first kappa shape index (κ1) is 13.5. The summed E-state index contributed by atoms with van der Waals surface area (Å²) in [7, 11) is 0. The predicted octanol–water partition coefficient (Wildman–Crippen LogP) is 5.78. The summed E-state index contributed by atoms with van der Waals surface area (Å²) in [4.78, 5) is 4.88. The number of nitrogens with zero attached hydrogens (tertiary/aromatic N) is 1. The molecule has 0 N–H and O–H groups in total. The van der Waals surface area contributed by atoms with Crippen LogP contribution in [0.3, 0.4) is 0 Å². The predicted molar refractivity (Wildman–Crippen MR) is 100 cm³/mol. The molecule has 0 amide bonds. The van der Waals surface area contributed by atoms with Gasteiger partial charge in [-0.25, -0.2) is 4.98 Å². The molecule has 1 aliphatic carbocycles. The Morgan fingerprint density at radius 2 is 1.54 bits per heavy atom. The van der Waals surface area contributed by atoms with E-state index in [1.54, 1.807) is 0 Å². The van der Waals surface area contributed by atoms with Crippen LogP contribution in [0.2, 0.25) is 0 Å². The van der Waals surface area contributed by atoms with E-state index in [9.17, 15) is 0 Å². The van der Waals surface area contributed by atoms with E-state index < -0.39 is 0 Å². The van der Waals surface area contributed by atoms with E-state index in [1.165, 1.54) is 38.8 Å². The largest absolute Gasteiger partial charge is 0.248 e. The second-order valence-corrected chi connectivity index (χ2v) is 6.55. The molecule has 0 unspecified atom stereocenters. The zero-order valence-electron chi connectivity index (χ0n) is 13.6. The smallest absolute Gasteiger partial charge is 0.0712 e.